The Hall–Kier alpha value is 0.110. The van der Waals surface area contributed by atoms with Crippen LogP contribution < -0.4 is 4.57 Å². The van der Waals surface area contributed by atoms with Gasteiger partial charge in [-0.1, -0.05) is 24.7 Å². The van der Waals surface area contributed by atoms with E-state index < -0.39 is 0 Å². The first-order chi connectivity index (χ1) is 5.66. The summed E-state index contributed by atoms with van der Waals surface area (Å²) in [5.74, 6) is 0. The van der Waals surface area contributed by atoms with Gasteiger partial charge in [-0.25, -0.2) is 0 Å². The van der Waals surface area contributed by atoms with E-state index >= 15 is 0 Å². The van der Waals surface area contributed by atoms with Crippen molar-refractivity contribution in [2.24, 2.45) is 0 Å². The van der Waals surface area contributed by atoms with E-state index in [-0.39, 0.29) is 0 Å². The first-order valence-corrected chi connectivity index (χ1v) is 5.93. The van der Waals surface area contributed by atoms with Crippen LogP contribution in [0.1, 0.15) is 30.5 Å². The smallest absolute Gasteiger partial charge is 0.190 e. The molecular weight excluding hydrogens is 234 g/mol. The lowest BCUT2D eigenvalue weighted by atomic mass is 10.3. The molecule has 12 heavy (non-hydrogen) atoms. The molecule has 0 atom stereocenters. The van der Waals surface area contributed by atoms with Crippen molar-refractivity contribution >= 4 is 27.3 Å². The van der Waals surface area contributed by atoms with Gasteiger partial charge in [0.2, 0.25) is 10.7 Å². The van der Waals surface area contributed by atoms with E-state index in [1.54, 1.807) is 0 Å². The zero-order chi connectivity index (χ0) is 9.14. The van der Waals surface area contributed by atoms with Gasteiger partial charge in [0.05, 0.1) is 0 Å². The summed E-state index contributed by atoms with van der Waals surface area (Å²) >= 11 is 5.38. The maximum absolute atomic E-state index is 3.56. The van der Waals surface area contributed by atoms with Crippen molar-refractivity contribution in [3.8, 4) is 0 Å². The standard InChI is InChI=1S/C9H15BrNS/c1-4-5-6-11-7(2)9(10)12-8(11)3/h4-6H2,1-3H3/q+1. The highest BCUT2D eigenvalue weighted by atomic mass is 79.9. The number of rotatable bonds is 3. The summed E-state index contributed by atoms with van der Waals surface area (Å²) in [6, 6.07) is 0. The minimum absolute atomic E-state index is 1.16. The summed E-state index contributed by atoms with van der Waals surface area (Å²) in [6.45, 7) is 7.74. The maximum atomic E-state index is 3.56. The topological polar surface area (TPSA) is 3.88 Å². The molecule has 1 aromatic heterocycles. The summed E-state index contributed by atoms with van der Waals surface area (Å²) in [7, 11) is 0. The molecule has 0 amide bonds. The van der Waals surface area contributed by atoms with E-state index in [2.05, 4.69) is 41.3 Å². The summed E-state index contributed by atoms with van der Waals surface area (Å²) in [4.78, 5) is 0. The fraction of sp³-hybridized carbons (Fsp3) is 0.667. The molecule has 0 bridgehead atoms. The van der Waals surface area contributed by atoms with Gasteiger partial charge in [-0.05, 0) is 15.9 Å². The van der Waals surface area contributed by atoms with Gasteiger partial charge in [-0.3, -0.25) is 0 Å². The number of aryl methyl sites for hydroxylation is 1. The average Bonchev–Trinajstić information content (AvgIpc) is 2.25. The number of hydrogen-bond acceptors (Lipinski definition) is 1. The fourth-order valence-electron chi connectivity index (χ4n) is 1.24. The van der Waals surface area contributed by atoms with E-state index in [0.717, 1.165) is 6.54 Å². The Morgan fingerprint density at radius 2 is 2.08 bits per heavy atom. The van der Waals surface area contributed by atoms with Crippen molar-refractivity contribution in [3.05, 3.63) is 14.5 Å². The monoisotopic (exact) mass is 248 g/mol. The van der Waals surface area contributed by atoms with Crippen LogP contribution in [-0.4, -0.2) is 0 Å². The van der Waals surface area contributed by atoms with Crippen LogP contribution in [-0.2, 0) is 6.54 Å². The Kier molecular flexibility index (Phi) is 3.72. The molecule has 1 rings (SSSR count). The third-order valence-electron chi connectivity index (χ3n) is 2.04. The van der Waals surface area contributed by atoms with Crippen LogP contribution in [0.5, 0.6) is 0 Å². The predicted octanol–water partition coefficient (Wildman–Crippen LogP) is 3.22. The zero-order valence-corrected chi connectivity index (χ0v) is 10.3. The zero-order valence-electron chi connectivity index (χ0n) is 7.85. The number of halogens is 1. The summed E-state index contributed by atoms with van der Waals surface area (Å²) in [5, 5.41) is 1.40. The highest BCUT2D eigenvalue weighted by Crippen LogP contribution is 2.21. The third kappa shape index (κ3) is 2.07. The molecule has 0 unspecified atom stereocenters. The van der Waals surface area contributed by atoms with Crippen LogP contribution in [0.2, 0.25) is 0 Å². The van der Waals surface area contributed by atoms with Gasteiger partial charge in [-0.2, -0.15) is 4.57 Å². The molecule has 0 saturated heterocycles. The Bertz CT molecular complexity index is 268. The van der Waals surface area contributed by atoms with Crippen molar-refractivity contribution in [3.63, 3.8) is 0 Å². The normalized spacial score (nSPS) is 10.7. The lowest BCUT2D eigenvalue weighted by Gasteiger charge is -1.94. The van der Waals surface area contributed by atoms with Crippen LogP contribution in [0.25, 0.3) is 0 Å². The first kappa shape index (κ1) is 10.2. The largest absolute Gasteiger partial charge is 0.235 e. The van der Waals surface area contributed by atoms with Gasteiger partial charge in [0.25, 0.3) is 0 Å². The van der Waals surface area contributed by atoms with Gasteiger partial charge < -0.3 is 0 Å². The van der Waals surface area contributed by atoms with Crippen LogP contribution in [0.15, 0.2) is 3.79 Å². The number of nitrogens with zero attached hydrogens (tertiary/aromatic N) is 1. The lowest BCUT2D eigenvalue weighted by molar-refractivity contribution is -0.704. The molecule has 0 spiro atoms. The molecular formula is C9H15BrNS+. The van der Waals surface area contributed by atoms with Gasteiger partial charge in [-0.15, -0.1) is 0 Å². The van der Waals surface area contributed by atoms with Gasteiger partial charge in [0.15, 0.2) is 0 Å². The molecule has 1 heterocycles. The van der Waals surface area contributed by atoms with Crippen molar-refractivity contribution in [2.45, 2.75) is 40.2 Å². The van der Waals surface area contributed by atoms with E-state index in [1.165, 1.54) is 27.3 Å². The number of thiazole rings is 1. The third-order valence-corrected chi connectivity index (χ3v) is 4.09. The number of unbranched alkanes of at least 4 members (excludes halogenated alkanes) is 1. The molecule has 0 aliphatic heterocycles. The molecule has 3 heteroatoms. The molecule has 0 aromatic carbocycles. The average molecular weight is 249 g/mol. The molecule has 68 valence electrons. The second-order valence-electron chi connectivity index (χ2n) is 2.99. The molecule has 1 aromatic rings. The minimum atomic E-state index is 1.16. The van der Waals surface area contributed by atoms with E-state index in [0.29, 0.717) is 0 Å². The highest BCUT2D eigenvalue weighted by Gasteiger charge is 2.17. The molecule has 1 nitrogen and oxygen atoms in total. The molecule has 0 aliphatic rings. The van der Waals surface area contributed by atoms with Crippen molar-refractivity contribution < 1.29 is 4.57 Å². The Morgan fingerprint density at radius 3 is 2.50 bits per heavy atom. The second-order valence-corrected chi connectivity index (χ2v) is 5.51. The van der Waals surface area contributed by atoms with Gasteiger partial charge in [0, 0.05) is 20.3 Å². The SMILES string of the molecule is CCCC[n+]1c(C)sc(Br)c1C. The minimum Gasteiger partial charge on any atom is -0.190 e. The Morgan fingerprint density at radius 1 is 1.42 bits per heavy atom. The van der Waals surface area contributed by atoms with Crippen LogP contribution in [0.4, 0.5) is 0 Å². The van der Waals surface area contributed by atoms with Crippen LogP contribution in [0, 0.1) is 13.8 Å². The predicted molar refractivity (Wildman–Crippen MR) is 56.6 cm³/mol. The maximum Gasteiger partial charge on any atom is 0.235 e. The number of aromatic nitrogens is 1. The molecule has 0 saturated carbocycles. The van der Waals surface area contributed by atoms with Gasteiger partial charge in [0.1, 0.15) is 10.3 Å². The Balaban J connectivity index is 2.82. The summed E-state index contributed by atoms with van der Waals surface area (Å²) < 4.78 is 3.66. The van der Waals surface area contributed by atoms with Crippen molar-refractivity contribution in [2.75, 3.05) is 0 Å². The van der Waals surface area contributed by atoms with E-state index in [4.69, 9.17) is 0 Å². The molecule has 0 N–H and O–H groups in total. The van der Waals surface area contributed by atoms with Crippen LogP contribution in [0.3, 0.4) is 0 Å². The summed E-state index contributed by atoms with van der Waals surface area (Å²) in [6.07, 6.45) is 2.54. The summed E-state index contributed by atoms with van der Waals surface area (Å²) in [5.41, 5.74) is 1.37. The van der Waals surface area contributed by atoms with Crippen molar-refractivity contribution in [1.29, 1.82) is 0 Å². The quantitative estimate of drug-likeness (QED) is 0.724. The van der Waals surface area contributed by atoms with E-state index in [1.807, 2.05) is 11.3 Å². The molecule has 0 aliphatic carbocycles. The molecule has 0 radical (unpaired) electrons. The molecule has 0 fully saturated rings. The van der Waals surface area contributed by atoms with E-state index in [9.17, 15) is 0 Å². The Labute approximate surface area is 86.6 Å². The number of hydrogen-bond donors (Lipinski definition) is 0. The fourth-order valence-corrected chi connectivity index (χ4v) is 3.01. The van der Waals surface area contributed by atoms with Crippen molar-refractivity contribution in [1.82, 2.24) is 0 Å². The van der Waals surface area contributed by atoms with Gasteiger partial charge >= 0.3 is 0 Å². The second kappa shape index (κ2) is 4.38. The highest BCUT2D eigenvalue weighted by molar-refractivity contribution is 9.11. The lowest BCUT2D eigenvalue weighted by Crippen LogP contribution is -2.37. The van der Waals surface area contributed by atoms with Crippen LogP contribution >= 0.6 is 27.3 Å². The first-order valence-electron chi connectivity index (χ1n) is 4.32.